The summed E-state index contributed by atoms with van der Waals surface area (Å²) >= 11 is 4.65. The van der Waals surface area contributed by atoms with Crippen LogP contribution in [0, 0.1) is 5.82 Å². The van der Waals surface area contributed by atoms with E-state index in [-0.39, 0.29) is 23.5 Å². The van der Waals surface area contributed by atoms with Crippen molar-refractivity contribution in [3.8, 4) is 11.4 Å². The van der Waals surface area contributed by atoms with E-state index in [9.17, 15) is 9.18 Å². The number of hydrogen-bond acceptors (Lipinski definition) is 5. The summed E-state index contributed by atoms with van der Waals surface area (Å²) in [4.78, 5) is 12.2. The van der Waals surface area contributed by atoms with Crippen LogP contribution in [0.5, 0.6) is 0 Å². The molecule has 0 aliphatic rings. The summed E-state index contributed by atoms with van der Waals surface area (Å²) in [7, 11) is 0. The van der Waals surface area contributed by atoms with Crippen LogP contribution in [-0.2, 0) is 4.79 Å². The first-order chi connectivity index (χ1) is 13.0. The maximum atomic E-state index is 13.0. The van der Waals surface area contributed by atoms with Gasteiger partial charge in [-0.05, 0) is 36.8 Å². The lowest BCUT2D eigenvalue weighted by molar-refractivity contribution is -0.119. The van der Waals surface area contributed by atoms with Gasteiger partial charge in [-0.15, -0.1) is 10.2 Å². The van der Waals surface area contributed by atoms with E-state index in [4.69, 9.17) is 5.84 Å². The Bertz CT molecular complexity index is 947. The lowest BCUT2D eigenvalue weighted by Crippen LogP contribution is -2.28. The fourth-order valence-electron chi connectivity index (χ4n) is 2.45. The fraction of sp³-hybridized carbons (Fsp3) is 0.167. The first-order valence-corrected chi connectivity index (χ1v) is 9.86. The van der Waals surface area contributed by atoms with Crippen LogP contribution in [0.1, 0.15) is 18.5 Å². The predicted octanol–water partition coefficient (Wildman–Crippen LogP) is 3.53. The van der Waals surface area contributed by atoms with Crippen molar-refractivity contribution >= 4 is 33.6 Å². The third-order valence-electron chi connectivity index (χ3n) is 3.86. The third-order valence-corrected chi connectivity index (χ3v) is 5.49. The number of carbonyl (C=O) groups excluding carboxylic acids is 1. The van der Waals surface area contributed by atoms with Crippen molar-refractivity contribution < 1.29 is 9.18 Å². The molecule has 1 heterocycles. The largest absolute Gasteiger partial charge is 0.349 e. The Labute approximate surface area is 168 Å². The smallest absolute Gasteiger partial charge is 0.230 e. The maximum absolute atomic E-state index is 13.0. The van der Waals surface area contributed by atoms with Crippen LogP contribution < -0.4 is 11.2 Å². The number of rotatable bonds is 6. The van der Waals surface area contributed by atoms with E-state index in [1.165, 1.54) is 28.6 Å². The van der Waals surface area contributed by atoms with E-state index >= 15 is 0 Å². The number of nitrogens with zero attached hydrogens (tertiary/aromatic N) is 3. The van der Waals surface area contributed by atoms with E-state index in [1.807, 2.05) is 31.2 Å². The van der Waals surface area contributed by atoms with E-state index in [0.29, 0.717) is 11.0 Å². The molecule has 0 fully saturated rings. The minimum atomic E-state index is -0.309. The second kappa shape index (κ2) is 8.53. The standard InChI is InChI=1S/C18H17BrFN5OS/c1-11(12-6-8-13(20)9-7-12)22-16(26)10-27-18-24-23-17(25(18)21)14-4-2-3-5-15(14)19/h2-9,11H,10,21H2,1H3,(H,22,26). The highest BCUT2D eigenvalue weighted by Crippen LogP contribution is 2.27. The molecule has 0 aliphatic heterocycles. The minimum Gasteiger partial charge on any atom is -0.349 e. The number of nitrogen functional groups attached to an aromatic ring is 1. The van der Waals surface area contributed by atoms with Gasteiger partial charge in [-0.1, -0.05) is 52.0 Å². The molecule has 140 valence electrons. The monoisotopic (exact) mass is 449 g/mol. The van der Waals surface area contributed by atoms with Crippen LogP contribution in [0.3, 0.4) is 0 Å². The highest BCUT2D eigenvalue weighted by molar-refractivity contribution is 9.10. The Morgan fingerprint density at radius 2 is 1.96 bits per heavy atom. The summed E-state index contributed by atoms with van der Waals surface area (Å²) in [6.07, 6.45) is 0. The van der Waals surface area contributed by atoms with Gasteiger partial charge < -0.3 is 11.2 Å². The number of amides is 1. The van der Waals surface area contributed by atoms with Gasteiger partial charge in [0.05, 0.1) is 11.8 Å². The van der Waals surface area contributed by atoms with E-state index in [2.05, 4.69) is 31.4 Å². The van der Waals surface area contributed by atoms with Crippen molar-refractivity contribution in [2.24, 2.45) is 0 Å². The Hall–Kier alpha value is -2.39. The van der Waals surface area contributed by atoms with Gasteiger partial charge in [-0.3, -0.25) is 4.79 Å². The molecule has 0 aliphatic carbocycles. The lowest BCUT2D eigenvalue weighted by Gasteiger charge is -2.14. The Kier molecular flexibility index (Phi) is 6.12. The normalized spacial score (nSPS) is 12.0. The number of benzene rings is 2. The average molecular weight is 450 g/mol. The summed E-state index contributed by atoms with van der Waals surface area (Å²) in [5, 5.41) is 11.5. The molecule has 1 amide bonds. The molecule has 0 bridgehead atoms. The van der Waals surface area contributed by atoms with Crippen LogP contribution in [0.25, 0.3) is 11.4 Å². The molecule has 1 unspecified atom stereocenters. The molecule has 1 atom stereocenters. The van der Waals surface area contributed by atoms with E-state index in [0.717, 1.165) is 15.6 Å². The Balaban J connectivity index is 1.61. The average Bonchev–Trinajstić information content (AvgIpc) is 3.01. The van der Waals surface area contributed by atoms with Crippen molar-refractivity contribution in [1.29, 1.82) is 0 Å². The highest BCUT2D eigenvalue weighted by atomic mass is 79.9. The minimum absolute atomic E-state index is 0.136. The van der Waals surface area contributed by atoms with E-state index in [1.54, 1.807) is 12.1 Å². The molecule has 9 heteroatoms. The van der Waals surface area contributed by atoms with Gasteiger partial charge >= 0.3 is 0 Å². The van der Waals surface area contributed by atoms with Crippen LogP contribution in [0.4, 0.5) is 4.39 Å². The summed E-state index contributed by atoms with van der Waals surface area (Å²) < 4.78 is 15.2. The lowest BCUT2D eigenvalue weighted by atomic mass is 10.1. The molecular formula is C18H17BrFN5OS. The molecule has 0 saturated heterocycles. The molecule has 6 nitrogen and oxygen atoms in total. The van der Waals surface area contributed by atoms with Gasteiger partial charge in [-0.2, -0.15) is 0 Å². The number of carbonyl (C=O) groups is 1. The van der Waals surface area contributed by atoms with Crippen molar-refractivity contribution in [2.45, 2.75) is 18.1 Å². The van der Waals surface area contributed by atoms with Crippen molar-refractivity contribution in [1.82, 2.24) is 20.2 Å². The zero-order chi connectivity index (χ0) is 19.4. The first-order valence-electron chi connectivity index (χ1n) is 8.08. The van der Waals surface area contributed by atoms with Crippen LogP contribution in [0.15, 0.2) is 58.2 Å². The van der Waals surface area contributed by atoms with Crippen LogP contribution >= 0.6 is 27.7 Å². The molecular weight excluding hydrogens is 433 g/mol. The molecule has 27 heavy (non-hydrogen) atoms. The number of aromatic nitrogens is 3. The molecule has 2 aromatic carbocycles. The fourth-order valence-corrected chi connectivity index (χ4v) is 3.58. The molecule has 3 rings (SSSR count). The Morgan fingerprint density at radius 3 is 2.67 bits per heavy atom. The molecule has 0 radical (unpaired) electrons. The van der Waals surface area contributed by atoms with Gasteiger partial charge in [-0.25, -0.2) is 9.07 Å². The topological polar surface area (TPSA) is 85.8 Å². The van der Waals surface area contributed by atoms with Crippen molar-refractivity contribution in [3.63, 3.8) is 0 Å². The van der Waals surface area contributed by atoms with Crippen LogP contribution in [-0.4, -0.2) is 26.5 Å². The number of hydrogen-bond donors (Lipinski definition) is 2. The summed E-state index contributed by atoms with van der Waals surface area (Å²) in [5.41, 5.74) is 1.64. The summed E-state index contributed by atoms with van der Waals surface area (Å²) in [5.74, 6) is 6.23. The Morgan fingerprint density at radius 1 is 1.26 bits per heavy atom. The molecule has 3 N–H and O–H groups in total. The summed E-state index contributed by atoms with van der Waals surface area (Å²) in [6, 6.07) is 13.3. The van der Waals surface area contributed by atoms with Crippen molar-refractivity contribution in [3.05, 3.63) is 64.4 Å². The maximum Gasteiger partial charge on any atom is 0.230 e. The molecule has 3 aromatic rings. The van der Waals surface area contributed by atoms with E-state index < -0.39 is 0 Å². The summed E-state index contributed by atoms with van der Waals surface area (Å²) in [6.45, 7) is 1.84. The number of nitrogens with two attached hydrogens (primary N) is 1. The highest BCUT2D eigenvalue weighted by Gasteiger charge is 2.16. The van der Waals surface area contributed by atoms with Gasteiger partial charge in [0.1, 0.15) is 5.82 Å². The van der Waals surface area contributed by atoms with Gasteiger partial charge in [0.15, 0.2) is 5.82 Å². The van der Waals surface area contributed by atoms with Gasteiger partial charge in [0.2, 0.25) is 11.1 Å². The molecule has 1 aromatic heterocycles. The number of thioether (sulfide) groups is 1. The first kappa shape index (κ1) is 19.4. The van der Waals surface area contributed by atoms with Gasteiger partial charge in [0.25, 0.3) is 0 Å². The van der Waals surface area contributed by atoms with Crippen LogP contribution in [0.2, 0.25) is 0 Å². The molecule has 0 saturated carbocycles. The molecule has 0 spiro atoms. The van der Waals surface area contributed by atoms with Crippen molar-refractivity contribution in [2.75, 3.05) is 11.6 Å². The number of halogens is 2. The third kappa shape index (κ3) is 4.67. The zero-order valence-electron chi connectivity index (χ0n) is 14.4. The quantitative estimate of drug-likeness (QED) is 0.444. The second-order valence-corrected chi connectivity index (χ2v) is 7.58. The predicted molar refractivity (Wildman–Crippen MR) is 107 cm³/mol. The van der Waals surface area contributed by atoms with Gasteiger partial charge in [0, 0.05) is 10.0 Å². The second-order valence-electron chi connectivity index (χ2n) is 5.79. The SMILES string of the molecule is CC(NC(=O)CSc1nnc(-c2ccccc2Br)n1N)c1ccc(F)cc1. The number of nitrogens with one attached hydrogen (secondary N) is 1. The zero-order valence-corrected chi connectivity index (χ0v) is 16.8.